The van der Waals surface area contributed by atoms with Crippen LogP contribution in [0.5, 0.6) is 0 Å². The van der Waals surface area contributed by atoms with E-state index in [9.17, 15) is 0 Å². The zero-order valence-corrected chi connectivity index (χ0v) is 73.3. The standard InChI is InChI=1S/2C40H51N2P.4C2H6N.2Zr/c2*1-26(2)31-18-12-19-32(27(3)4)39(31)41-35-22-14-24-37(35)43(30-16-10-9-11-17-30)38-25-15-23-36(38)42-40-33(28(5)6)20-13-21-34(40)29(7)8;4*1-3-2;;/h2*9-13,16-21,26-29H,14-15,22-25H2,1-8H3;4*1-2H3;;/q2*-2;4*-1;2*+4/p+2. The molecule has 0 atom stereocenters. The number of hydrogen-bond donors (Lipinski definition) is 0. The molecule has 0 spiro atoms. The molecule has 0 radical (unpaired) electrons. The fourth-order valence-electron chi connectivity index (χ4n) is 13.9. The Labute approximate surface area is 652 Å². The van der Waals surface area contributed by atoms with Crippen LogP contribution in [0, 0.1) is 0 Å². The summed E-state index contributed by atoms with van der Waals surface area (Å²) < 4.78 is 0. The minimum atomic E-state index is -1.17. The van der Waals surface area contributed by atoms with Crippen LogP contribution >= 0.6 is 15.8 Å². The fourth-order valence-corrected chi connectivity index (χ4v) is 20.6. The summed E-state index contributed by atoms with van der Waals surface area (Å²) in [4.78, 5) is 0. The van der Waals surface area contributed by atoms with Gasteiger partial charge in [-0.2, -0.15) is 56.4 Å². The summed E-state index contributed by atoms with van der Waals surface area (Å²) in [7, 11) is 11.7. The Morgan fingerprint density at radius 2 is 0.390 bits per heavy atom. The molecule has 0 bridgehead atoms. The molecule has 0 aromatic heterocycles. The molecule has 0 saturated carbocycles. The van der Waals surface area contributed by atoms with Gasteiger partial charge in [0.2, 0.25) is 0 Å². The van der Waals surface area contributed by atoms with Gasteiger partial charge in [-0.25, -0.2) is 0 Å². The van der Waals surface area contributed by atoms with Crippen molar-refractivity contribution in [2.75, 3.05) is 56.4 Å². The van der Waals surface area contributed by atoms with Gasteiger partial charge < -0.3 is 42.5 Å². The summed E-state index contributed by atoms with van der Waals surface area (Å²) in [6.07, 6.45) is 13.7. The van der Waals surface area contributed by atoms with Crippen LogP contribution in [0.2, 0.25) is 0 Å². The van der Waals surface area contributed by atoms with E-state index in [-0.39, 0.29) is 52.4 Å². The monoisotopic (exact) mass is 1540 g/mol. The zero-order chi connectivity index (χ0) is 72.2. The van der Waals surface area contributed by atoms with Gasteiger partial charge >= 0.3 is 52.4 Å². The molecule has 0 saturated heterocycles. The molecule has 0 aliphatic heterocycles. The second-order valence-corrected chi connectivity index (χ2v) is 34.3. The molecule has 4 aliphatic rings. The zero-order valence-electron chi connectivity index (χ0n) is 66.4. The van der Waals surface area contributed by atoms with Crippen LogP contribution in [0.3, 0.4) is 0 Å². The van der Waals surface area contributed by atoms with Crippen LogP contribution in [-0.4, -0.2) is 56.4 Å². The second kappa shape index (κ2) is 46.7. The normalized spacial score (nSPS) is 14.3. The summed E-state index contributed by atoms with van der Waals surface area (Å²) >= 11 is 0. The maximum Gasteiger partial charge on any atom is 4.00 e. The van der Waals surface area contributed by atoms with E-state index in [4.69, 9.17) is 21.3 Å². The van der Waals surface area contributed by atoms with Gasteiger partial charge in [0.25, 0.3) is 0 Å². The molecule has 10 rings (SSSR count). The Kier molecular flexibility index (Phi) is 42.1. The minimum Gasteiger partial charge on any atom is -0.668 e. The van der Waals surface area contributed by atoms with Crippen LogP contribution in [-0.2, 0) is 52.4 Å². The van der Waals surface area contributed by atoms with E-state index < -0.39 is 15.8 Å². The van der Waals surface area contributed by atoms with Crippen molar-refractivity contribution in [1.82, 2.24) is 0 Å². The van der Waals surface area contributed by atoms with E-state index in [0.29, 0.717) is 47.3 Å². The molecule has 0 fully saturated rings. The molecule has 100 heavy (non-hydrogen) atoms. The summed E-state index contributed by atoms with van der Waals surface area (Å²) in [6, 6.07) is 50.0. The van der Waals surface area contributed by atoms with E-state index in [1.807, 2.05) is 0 Å². The van der Waals surface area contributed by atoms with Crippen LogP contribution in [0.15, 0.2) is 178 Å². The van der Waals surface area contributed by atoms with Crippen molar-refractivity contribution in [3.8, 4) is 0 Å². The topological polar surface area (TPSA) is 113 Å². The molecular formula is C88H128N8P2Zr2+2. The number of benzene rings is 6. The maximum atomic E-state index is 5.64. The van der Waals surface area contributed by atoms with Crippen LogP contribution < -0.4 is 10.6 Å². The molecule has 536 valence electrons. The molecular weight excluding hydrogens is 1410 g/mol. The fraction of sp³-hybridized carbons (Fsp3) is 0.500. The summed E-state index contributed by atoms with van der Waals surface area (Å²) in [5.74, 6) is 3.56. The minimum absolute atomic E-state index is 0. The van der Waals surface area contributed by atoms with E-state index in [1.54, 1.807) is 77.6 Å². The average molecular weight is 1540 g/mol. The quantitative estimate of drug-likeness (QED) is 0.0603. The Morgan fingerprint density at radius 3 is 0.540 bits per heavy atom. The summed E-state index contributed by atoms with van der Waals surface area (Å²) in [5, 5.41) is 46.0. The molecule has 0 heterocycles. The third-order valence-corrected chi connectivity index (χ3v) is 24.8. The van der Waals surface area contributed by atoms with Crippen molar-refractivity contribution >= 4 is 49.2 Å². The van der Waals surface area contributed by atoms with Crippen molar-refractivity contribution < 1.29 is 52.4 Å². The molecule has 0 unspecified atom stereocenters. The van der Waals surface area contributed by atoms with Gasteiger partial charge in [0.1, 0.15) is 10.6 Å². The largest absolute Gasteiger partial charge is 4.00 e. The third kappa shape index (κ3) is 25.1. The van der Waals surface area contributed by atoms with Crippen molar-refractivity contribution in [2.24, 2.45) is 0 Å². The molecule has 6 aromatic carbocycles. The van der Waals surface area contributed by atoms with Gasteiger partial charge in [0, 0.05) is 25.7 Å². The Balaban J connectivity index is 0.000000442. The van der Waals surface area contributed by atoms with Gasteiger partial charge in [0.15, 0.2) is 0 Å². The number of para-hydroxylation sites is 4. The van der Waals surface area contributed by atoms with Gasteiger partial charge in [-0.05, 0) is 123 Å². The van der Waals surface area contributed by atoms with E-state index in [1.165, 1.54) is 126 Å². The smallest absolute Gasteiger partial charge is 0.668 e. The molecule has 8 nitrogen and oxygen atoms in total. The van der Waals surface area contributed by atoms with E-state index in [2.05, 4.69) is 266 Å². The maximum absolute atomic E-state index is 5.64. The summed E-state index contributed by atoms with van der Waals surface area (Å²) in [5.41, 5.74) is 21.4. The third-order valence-electron chi connectivity index (χ3n) is 18.4. The SMILES string of the molecule is CC(C)c1cccc(C(C)C)c1[N-]C1=C([PH+](C2=C([N-]c3c(C(C)C)cccc3C(C)C)CCC2)c2ccccc2)CCC1.CC(C)c1cccc(C(C)C)c1[N-]C1=C([PH+](C2=C([N-]c3c(C(C)C)cccc3C(C)C)CCC2)c2ccccc2)CCC1.C[N-]C.C[N-]C.C[N-]C.C[N-]C.[Zr+4].[Zr+4]. The van der Waals surface area contributed by atoms with Crippen LogP contribution in [0.4, 0.5) is 22.7 Å². The first-order valence-electron chi connectivity index (χ1n) is 37.0. The Hall–Kier alpha value is -4.05. The van der Waals surface area contributed by atoms with Gasteiger partial charge in [-0.3, -0.25) is 0 Å². The molecule has 0 amide bonds. The van der Waals surface area contributed by atoms with Crippen molar-refractivity contribution in [3.05, 3.63) is 265 Å². The molecule has 0 N–H and O–H groups in total. The van der Waals surface area contributed by atoms with Gasteiger partial charge in [0.05, 0.1) is 37.1 Å². The van der Waals surface area contributed by atoms with E-state index >= 15 is 0 Å². The Morgan fingerprint density at radius 1 is 0.230 bits per heavy atom. The van der Waals surface area contributed by atoms with Crippen LogP contribution in [0.1, 0.15) is 280 Å². The predicted octanol–water partition coefficient (Wildman–Crippen LogP) is 28.9. The first-order chi connectivity index (χ1) is 47.0. The molecule has 12 heteroatoms. The predicted molar refractivity (Wildman–Crippen MR) is 444 cm³/mol. The molecule has 6 aromatic rings. The summed E-state index contributed by atoms with van der Waals surface area (Å²) in [6.45, 7) is 36.9. The Bertz CT molecular complexity index is 2980. The van der Waals surface area contributed by atoms with Crippen molar-refractivity contribution in [1.29, 1.82) is 0 Å². The van der Waals surface area contributed by atoms with Gasteiger partial charge in [-0.15, -0.1) is 45.5 Å². The second-order valence-electron chi connectivity index (χ2n) is 29.2. The van der Waals surface area contributed by atoms with Gasteiger partial charge in [-0.1, -0.05) is 264 Å². The van der Waals surface area contributed by atoms with Crippen LogP contribution in [0.25, 0.3) is 42.5 Å². The first-order valence-corrected chi connectivity index (χ1v) is 40.0. The van der Waals surface area contributed by atoms with Crippen molar-refractivity contribution in [3.63, 3.8) is 0 Å². The number of rotatable bonds is 22. The number of hydrogen-bond acceptors (Lipinski definition) is 0. The molecule has 4 aliphatic carbocycles. The average Bonchev–Trinajstić information content (AvgIpc) is 1.56. The van der Waals surface area contributed by atoms with Crippen molar-refractivity contribution in [2.45, 2.75) is 235 Å². The first kappa shape index (κ1) is 90.2. The number of nitrogens with zero attached hydrogens (tertiary/aromatic N) is 8. The number of allylic oxidation sites excluding steroid dienone is 8. The van der Waals surface area contributed by atoms with E-state index in [0.717, 1.165) is 51.4 Å².